The van der Waals surface area contributed by atoms with Crippen molar-refractivity contribution in [3.8, 4) is 11.6 Å². The molecule has 0 radical (unpaired) electrons. The Morgan fingerprint density at radius 3 is 2.18 bits per heavy atom. The Hall–Kier alpha value is -3.16. The second kappa shape index (κ2) is 8.89. The SMILES string of the molecule is Cc1cc[n+](C2=C(c3c(C(C)C)nn(-c4ccc(Cl)c(Cl)c4)c3[O-])C(=O)N(C(C)C)C2=O)cc1. The zero-order chi connectivity index (χ0) is 24.9. The van der Waals surface area contributed by atoms with Crippen molar-refractivity contribution in [3.05, 3.63) is 69.6 Å². The number of benzene rings is 1. The highest BCUT2D eigenvalue weighted by Gasteiger charge is 2.47. The molecule has 0 fully saturated rings. The first-order chi connectivity index (χ1) is 16.0. The van der Waals surface area contributed by atoms with Crippen LogP contribution in [0.3, 0.4) is 0 Å². The Morgan fingerprint density at radius 2 is 1.62 bits per heavy atom. The fourth-order valence-electron chi connectivity index (χ4n) is 3.97. The number of amides is 2. The Bertz CT molecular complexity index is 1340. The summed E-state index contributed by atoms with van der Waals surface area (Å²) in [5.41, 5.74) is 2.12. The summed E-state index contributed by atoms with van der Waals surface area (Å²) in [6.07, 6.45) is 3.42. The van der Waals surface area contributed by atoms with Crippen LogP contribution < -0.4 is 9.67 Å². The zero-order valence-corrected chi connectivity index (χ0v) is 21.0. The number of carbonyl (C=O) groups is 2. The molecule has 176 valence electrons. The number of halogens is 2. The van der Waals surface area contributed by atoms with E-state index in [2.05, 4.69) is 5.10 Å². The van der Waals surface area contributed by atoms with Crippen molar-refractivity contribution >= 4 is 46.3 Å². The number of pyridine rings is 1. The third kappa shape index (κ3) is 3.89. The second-order valence-corrected chi connectivity index (χ2v) is 9.63. The number of rotatable bonds is 5. The van der Waals surface area contributed by atoms with Gasteiger partial charge in [-0.2, -0.15) is 9.67 Å². The molecule has 0 saturated carbocycles. The minimum Gasteiger partial charge on any atom is -0.858 e. The molecular weight excluding hydrogens is 475 g/mol. The summed E-state index contributed by atoms with van der Waals surface area (Å²) in [5.74, 6) is -1.68. The van der Waals surface area contributed by atoms with Gasteiger partial charge in [-0.1, -0.05) is 37.0 Å². The molecule has 0 spiro atoms. The highest BCUT2D eigenvalue weighted by atomic mass is 35.5. The van der Waals surface area contributed by atoms with Gasteiger partial charge in [0.1, 0.15) is 5.57 Å². The number of aromatic nitrogens is 3. The first-order valence-corrected chi connectivity index (χ1v) is 11.6. The van der Waals surface area contributed by atoms with E-state index in [1.54, 1.807) is 42.9 Å². The molecule has 0 unspecified atom stereocenters. The van der Waals surface area contributed by atoms with Crippen molar-refractivity contribution < 1.29 is 19.3 Å². The van der Waals surface area contributed by atoms with Gasteiger partial charge in [-0.05, 0) is 56.3 Å². The van der Waals surface area contributed by atoms with E-state index in [0.29, 0.717) is 16.4 Å². The zero-order valence-electron chi connectivity index (χ0n) is 19.5. The van der Waals surface area contributed by atoms with Gasteiger partial charge in [0.15, 0.2) is 12.4 Å². The van der Waals surface area contributed by atoms with Gasteiger partial charge in [0, 0.05) is 23.7 Å². The summed E-state index contributed by atoms with van der Waals surface area (Å²) in [6, 6.07) is 8.02. The quantitative estimate of drug-likeness (QED) is 0.391. The molecule has 3 heterocycles. The largest absolute Gasteiger partial charge is 0.858 e. The lowest BCUT2D eigenvalue weighted by Gasteiger charge is -2.19. The fraction of sp³-hybridized carbons (Fsp3) is 0.280. The summed E-state index contributed by atoms with van der Waals surface area (Å²) in [7, 11) is 0. The lowest BCUT2D eigenvalue weighted by Crippen LogP contribution is -2.42. The van der Waals surface area contributed by atoms with Crippen LogP contribution in [0.4, 0.5) is 0 Å². The summed E-state index contributed by atoms with van der Waals surface area (Å²) in [6.45, 7) is 9.21. The maximum atomic E-state index is 13.7. The summed E-state index contributed by atoms with van der Waals surface area (Å²) in [4.78, 5) is 28.2. The van der Waals surface area contributed by atoms with E-state index in [9.17, 15) is 14.7 Å². The van der Waals surface area contributed by atoms with Crippen molar-refractivity contribution in [3.63, 3.8) is 0 Å². The molecule has 1 aliphatic rings. The van der Waals surface area contributed by atoms with Crippen LogP contribution >= 0.6 is 23.2 Å². The lowest BCUT2D eigenvalue weighted by molar-refractivity contribution is -0.577. The first kappa shape index (κ1) is 24.0. The maximum absolute atomic E-state index is 13.7. The molecule has 1 aromatic carbocycles. The van der Waals surface area contributed by atoms with Crippen molar-refractivity contribution in [1.82, 2.24) is 14.7 Å². The molecule has 7 nitrogen and oxygen atoms in total. The Morgan fingerprint density at radius 1 is 0.971 bits per heavy atom. The Labute approximate surface area is 207 Å². The molecule has 0 N–H and O–H groups in total. The topological polar surface area (TPSA) is 82.1 Å². The number of nitrogens with zero attached hydrogens (tertiary/aromatic N) is 4. The number of carbonyl (C=O) groups excluding carboxylic acids is 2. The van der Waals surface area contributed by atoms with E-state index in [0.717, 1.165) is 5.56 Å². The molecule has 0 atom stereocenters. The van der Waals surface area contributed by atoms with E-state index in [1.807, 2.05) is 32.9 Å². The molecule has 9 heteroatoms. The number of aryl methyl sites for hydroxylation is 1. The normalized spacial score (nSPS) is 14.3. The van der Waals surface area contributed by atoms with Crippen LogP contribution in [0.1, 0.15) is 50.4 Å². The van der Waals surface area contributed by atoms with Gasteiger partial charge in [-0.25, -0.2) is 4.68 Å². The van der Waals surface area contributed by atoms with Gasteiger partial charge in [0.05, 0.1) is 21.4 Å². The third-order valence-electron chi connectivity index (χ3n) is 5.68. The summed E-state index contributed by atoms with van der Waals surface area (Å²) < 4.78 is 2.79. The van der Waals surface area contributed by atoms with Crippen LogP contribution in [0.25, 0.3) is 17.0 Å². The van der Waals surface area contributed by atoms with Crippen LogP contribution in [-0.4, -0.2) is 32.5 Å². The van der Waals surface area contributed by atoms with Crippen molar-refractivity contribution in [2.75, 3.05) is 0 Å². The highest BCUT2D eigenvalue weighted by Crippen LogP contribution is 2.40. The number of imide groups is 1. The van der Waals surface area contributed by atoms with Gasteiger partial charge < -0.3 is 5.11 Å². The molecule has 0 saturated heterocycles. The second-order valence-electron chi connectivity index (χ2n) is 8.81. The molecule has 2 aromatic heterocycles. The van der Waals surface area contributed by atoms with Crippen LogP contribution in [0.5, 0.6) is 5.88 Å². The average molecular weight is 499 g/mol. The predicted octanol–water partition coefficient (Wildman–Crippen LogP) is 4.12. The minimum atomic E-state index is -0.518. The molecule has 1 aliphatic heterocycles. The molecule has 34 heavy (non-hydrogen) atoms. The smallest absolute Gasteiger partial charge is 0.327 e. The van der Waals surface area contributed by atoms with Gasteiger partial charge in [0.25, 0.3) is 11.6 Å². The molecule has 0 aliphatic carbocycles. The van der Waals surface area contributed by atoms with Crippen molar-refractivity contribution in [2.45, 2.75) is 46.6 Å². The van der Waals surface area contributed by atoms with Gasteiger partial charge >= 0.3 is 5.91 Å². The lowest BCUT2D eigenvalue weighted by atomic mass is 9.98. The summed E-state index contributed by atoms with van der Waals surface area (Å²) in [5, 5.41) is 18.9. The van der Waals surface area contributed by atoms with Gasteiger partial charge in [0.2, 0.25) is 0 Å². The van der Waals surface area contributed by atoms with Gasteiger partial charge in [-0.15, -0.1) is 0 Å². The Kier molecular flexibility index (Phi) is 6.27. The van der Waals surface area contributed by atoms with E-state index in [4.69, 9.17) is 23.2 Å². The fourth-order valence-corrected chi connectivity index (χ4v) is 4.26. The molecule has 4 rings (SSSR count). The standard InChI is InChI=1S/C25H24Cl2N4O3/c1-13(2)21-19(24(33)31(28-21)16-6-7-17(26)18(27)12-16)20-22(29-10-8-15(5)9-11-29)25(34)30(14(3)4)23(20)32/h6-14H,1-5H3. The van der Waals surface area contributed by atoms with Crippen molar-refractivity contribution in [2.24, 2.45) is 0 Å². The predicted molar refractivity (Wildman–Crippen MR) is 129 cm³/mol. The highest BCUT2D eigenvalue weighted by molar-refractivity contribution is 6.45. The van der Waals surface area contributed by atoms with Crippen LogP contribution in [0.15, 0.2) is 42.7 Å². The maximum Gasteiger partial charge on any atom is 0.327 e. The van der Waals surface area contributed by atoms with E-state index in [1.165, 1.54) is 15.6 Å². The van der Waals surface area contributed by atoms with Crippen LogP contribution in [0.2, 0.25) is 10.0 Å². The van der Waals surface area contributed by atoms with Crippen LogP contribution in [-0.2, 0) is 9.59 Å². The molecular formula is C25H24Cl2N4O3. The summed E-state index contributed by atoms with van der Waals surface area (Å²) >= 11 is 12.2. The first-order valence-electron chi connectivity index (χ1n) is 10.9. The van der Waals surface area contributed by atoms with Crippen LogP contribution in [0, 0.1) is 6.92 Å². The van der Waals surface area contributed by atoms with E-state index < -0.39 is 17.7 Å². The minimum absolute atomic E-state index is 0.0487. The number of hydrogen-bond donors (Lipinski definition) is 0. The van der Waals surface area contributed by atoms with E-state index >= 15 is 0 Å². The Balaban J connectivity index is 2.03. The third-order valence-corrected chi connectivity index (χ3v) is 6.42. The molecule has 2 amide bonds. The number of hydrogen-bond acceptors (Lipinski definition) is 4. The van der Waals surface area contributed by atoms with E-state index in [-0.39, 0.29) is 33.8 Å². The monoisotopic (exact) mass is 498 g/mol. The van der Waals surface area contributed by atoms with Gasteiger partial charge in [-0.3, -0.25) is 14.5 Å². The molecule has 0 bridgehead atoms. The van der Waals surface area contributed by atoms with Crippen molar-refractivity contribution in [1.29, 1.82) is 0 Å². The molecule has 3 aromatic rings. The average Bonchev–Trinajstić information content (AvgIpc) is 3.24.